The lowest BCUT2D eigenvalue weighted by Gasteiger charge is -2.38. The van der Waals surface area contributed by atoms with Crippen LogP contribution in [0, 0.1) is 19.7 Å². The van der Waals surface area contributed by atoms with Crippen molar-refractivity contribution in [3.05, 3.63) is 64.8 Å². The average Bonchev–Trinajstić information content (AvgIpc) is 3.17. The monoisotopic (exact) mass is 454 g/mol. The van der Waals surface area contributed by atoms with E-state index < -0.39 is 0 Å². The first-order chi connectivity index (χ1) is 15.0. The predicted octanol–water partition coefficient (Wildman–Crippen LogP) is 6.09. The van der Waals surface area contributed by atoms with Gasteiger partial charge in [0.15, 0.2) is 0 Å². The number of aromatic nitrogens is 2. The molecule has 0 bridgehead atoms. The second kappa shape index (κ2) is 8.32. The van der Waals surface area contributed by atoms with Gasteiger partial charge in [0.2, 0.25) is 0 Å². The fourth-order valence-corrected chi connectivity index (χ4v) is 6.10. The first-order valence-electron chi connectivity index (χ1n) is 10.5. The van der Waals surface area contributed by atoms with E-state index >= 15 is 0 Å². The smallest absolute Gasteiger partial charge is 0.132 e. The van der Waals surface area contributed by atoms with Crippen LogP contribution in [0.25, 0.3) is 11.1 Å². The van der Waals surface area contributed by atoms with Crippen molar-refractivity contribution in [2.24, 2.45) is 0 Å². The Labute approximate surface area is 191 Å². The van der Waals surface area contributed by atoms with Crippen molar-refractivity contribution in [3.8, 4) is 11.1 Å². The van der Waals surface area contributed by atoms with E-state index in [0.717, 1.165) is 54.4 Å². The minimum atomic E-state index is -0.309. The molecule has 3 heterocycles. The first kappa shape index (κ1) is 20.6. The molecule has 0 radical (unpaired) electrons. The lowest BCUT2D eigenvalue weighted by molar-refractivity contribution is 0.478. The number of rotatable bonds is 3. The van der Waals surface area contributed by atoms with Crippen molar-refractivity contribution >= 4 is 34.9 Å². The van der Waals surface area contributed by atoms with Gasteiger partial charge in [0.05, 0.1) is 16.6 Å². The summed E-state index contributed by atoms with van der Waals surface area (Å²) in [4.78, 5) is 14.8. The van der Waals surface area contributed by atoms with E-state index in [-0.39, 0.29) is 5.82 Å². The number of benzene rings is 2. The van der Waals surface area contributed by atoms with Gasteiger partial charge in [-0.2, -0.15) is 0 Å². The molecule has 4 nitrogen and oxygen atoms in total. The number of anilines is 2. The summed E-state index contributed by atoms with van der Waals surface area (Å²) in [6.45, 7) is 6.04. The van der Waals surface area contributed by atoms with Gasteiger partial charge in [-0.05, 0) is 62.6 Å². The lowest BCUT2D eigenvalue weighted by atomic mass is 9.97. The number of thioether (sulfide) groups is 1. The second-order valence-electron chi connectivity index (χ2n) is 8.26. The van der Waals surface area contributed by atoms with Gasteiger partial charge in [-0.1, -0.05) is 11.6 Å². The zero-order valence-corrected chi connectivity index (χ0v) is 19.2. The molecule has 3 aromatic rings. The van der Waals surface area contributed by atoms with E-state index in [1.165, 1.54) is 28.3 Å². The summed E-state index contributed by atoms with van der Waals surface area (Å²) in [5, 5.41) is 0.457. The number of fused-ring (bicyclic) bond motifs is 1. The van der Waals surface area contributed by atoms with Crippen LogP contribution in [0.2, 0.25) is 5.02 Å². The molecular weight excluding hydrogens is 431 g/mol. The Kier molecular flexibility index (Phi) is 5.52. The number of hydrogen-bond acceptors (Lipinski definition) is 5. The highest BCUT2D eigenvalue weighted by atomic mass is 35.5. The van der Waals surface area contributed by atoms with E-state index in [1.54, 1.807) is 12.4 Å². The van der Waals surface area contributed by atoms with Gasteiger partial charge >= 0.3 is 0 Å². The van der Waals surface area contributed by atoms with Crippen LogP contribution >= 0.6 is 23.4 Å². The average molecular weight is 455 g/mol. The van der Waals surface area contributed by atoms with Crippen molar-refractivity contribution in [1.29, 1.82) is 0 Å². The van der Waals surface area contributed by atoms with E-state index in [1.807, 2.05) is 18.7 Å². The van der Waals surface area contributed by atoms with Crippen LogP contribution in [0.1, 0.15) is 24.1 Å². The van der Waals surface area contributed by atoms with Crippen LogP contribution < -0.4 is 9.80 Å². The SMILES string of the molecule is Cc1cc2c(c(-c3ccc(F)cc3Cl)c1)N(C1CCN(c3cc(C)ncn3)CC1)CS2. The minimum absolute atomic E-state index is 0.309. The van der Waals surface area contributed by atoms with Crippen molar-refractivity contribution in [1.82, 2.24) is 9.97 Å². The maximum atomic E-state index is 13.7. The molecule has 0 aliphatic carbocycles. The Bertz CT molecular complexity index is 1130. The molecule has 0 spiro atoms. The third kappa shape index (κ3) is 3.99. The Morgan fingerprint density at radius 2 is 1.84 bits per heavy atom. The van der Waals surface area contributed by atoms with Crippen LogP contribution in [0.5, 0.6) is 0 Å². The largest absolute Gasteiger partial charge is 0.357 e. The molecule has 7 heteroatoms. The van der Waals surface area contributed by atoms with Gasteiger partial charge in [0.1, 0.15) is 18.0 Å². The van der Waals surface area contributed by atoms with Crippen molar-refractivity contribution in [2.75, 3.05) is 28.8 Å². The van der Waals surface area contributed by atoms with Crippen LogP contribution in [-0.2, 0) is 0 Å². The molecule has 5 rings (SSSR count). The van der Waals surface area contributed by atoms with Gasteiger partial charge in [0.25, 0.3) is 0 Å². The molecule has 0 atom stereocenters. The molecule has 160 valence electrons. The number of piperidine rings is 1. The molecule has 1 fully saturated rings. The minimum Gasteiger partial charge on any atom is -0.357 e. The highest BCUT2D eigenvalue weighted by molar-refractivity contribution is 7.99. The molecule has 0 amide bonds. The van der Waals surface area contributed by atoms with Gasteiger partial charge in [-0.15, -0.1) is 11.8 Å². The van der Waals surface area contributed by atoms with Crippen molar-refractivity contribution < 1.29 is 4.39 Å². The Morgan fingerprint density at radius 3 is 2.58 bits per heavy atom. The van der Waals surface area contributed by atoms with Crippen LogP contribution in [0.3, 0.4) is 0 Å². The molecule has 1 saturated heterocycles. The standard InChI is InChI=1S/C24H24ClFN4S/c1-15-9-20(19-4-3-17(26)12-21(19)25)24-22(10-15)31-14-30(24)18-5-7-29(8-6-18)23-11-16(2)27-13-28-23/h3-4,9-13,18H,5-8,14H2,1-2H3. The van der Waals surface area contributed by atoms with Crippen LogP contribution in [0.15, 0.2) is 47.6 Å². The quantitative estimate of drug-likeness (QED) is 0.478. The summed E-state index contributed by atoms with van der Waals surface area (Å²) in [6.07, 6.45) is 3.77. The summed E-state index contributed by atoms with van der Waals surface area (Å²) in [5.41, 5.74) is 5.41. The summed E-state index contributed by atoms with van der Waals surface area (Å²) in [6, 6.07) is 11.6. The van der Waals surface area contributed by atoms with Gasteiger partial charge in [0, 0.05) is 46.9 Å². The summed E-state index contributed by atoms with van der Waals surface area (Å²) in [7, 11) is 0. The van der Waals surface area contributed by atoms with E-state index in [4.69, 9.17) is 11.6 Å². The number of aryl methyl sites for hydroxylation is 2. The highest BCUT2D eigenvalue weighted by Gasteiger charge is 2.32. The third-order valence-corrected chi connectivity index (χ3v) is 7.45. The van der Waals surface area contributed by atoms with Crippen LogP contribution in [-0.4, -0.2) is 35.0 Å². The topological polar surface area (TPSA) is 32.3 Å². The summed E-state index contributed by atoms with van der Waals surface area (Å²) in [5.74, 6) is 1.63. The summed E-state index contributed by atoms with van der Waals surface area (Å²) >= 11 is 8.34. The lowest BCUT2D eigenvalue weighted by Crippen LogP contribution is -2.44. The first-order valence-corrected chi connectivity index (χ1v) is 11.9. The number of hydrogen-bond donors (Lipinski definition) is 0. The maximum Gasteiger partial charge on any atom is 0.132 e. The van der Waals surface area contributed by atoms with Gasteiger partial charge in [-0.25, -0.2) is 14.4 Å². The van der Waals surface area contributed by atoms with Crippen LogP contribution in [0.4, 0.5) is 15.9 Å². The Hall–Kier alpha value is -2.31. The highest BCUT2D eigenvalue weighted by Crippen LogP contribution is 2.49. The normalized spacial score (nSPS) is 16.6. The number of halogens is 2. The van der Waals surface area contributed by atoms with Crippen molar-refractivity contribution in [3.63, 3.8) is 0 Å². The molecule has 1 aromatic heterocycles. The molecule has 2 aliphatic heterocycles. The van der Waals surface area contributed by atoms with E-state index in [9.17, 15) is 4.39 Å². The second-order valence-corrected chi connectivity index (χ2v) is 9.66. The van der Waals surface area contributed by atoms with E-state index in [0.29, 0.717) is 11.1 Å². The summed E-state index contributed by atoms with van der Waals surface area (Å²) < 4.78 is 13.7. The molecular formula is C24H24ClFN4S. The van der Waals surface area contributed by atoms with E-state index in [2.05, 4.69) is 44.9 Å². The fraction of sp³-hybridized carbons (Fsp3) is 0.333. The van der Waals surface area contributed by atoms with Gasteiger partial charge in [-0.3, -0.25) is 0 Å². The Balaban J connectivity index is 1.43. The zero-order chi connectivity index (χ0) is 21.5. The Morgan fingerprint density at radius 1 is 1.03 bits per heavy atom. The molecule has 2 aliphatic rings. The fourth-order valence-electron chi connectivity index (χ4n) is 4.58. The third-order valence-electron chi connectivity index (χ3n) is 6.11. The predicted molar refractivity (Wildman–Crippen MR) is 127 cm³/mol. The molecule has 31 heavy (non-hydrogen) atoms. The maximum absolute atomic E-state index is 13.7. The van der Waals surface area contributed by atoms with Crippen molar-refractivity contribution in [2.45, 2.75) is 37.6 Å². The molecule has 0 saturated carbocycles. The zero-order valence-electron chi connectivity index (χ0n) is 17.6. The molecule has 0 unspecified atom stereocenters. The molecule has 2 aromatic carbocycles. The van der Waals surface area contributed by atoms with Gasteiger partial charge < -0.3 is 9.80 Å². The number of nitrogens with zero attached hydrogens (tertiary/aromatic N) is 4. The molecule has 0 N–H and O–H groups in total.